The van der Waals surface area contributed by atoms with Crippen LogP contribution in [0.5, 0.6) is 0 Å². The molecule has 1 saturated heterocycles. The van der Waals surface area contributed by atoms with Gasteiger partial charge in [-0.3, -0.25) is 9.69 Å². The maximum absolute atomic E-state index is 13.0. The number of piperazine rings is 1. The standard InChI is InChI=1S/C18H23FN4O2S/c1-25-11-6-20-18(24)16-13-26-17(21-16)12-22-7-9-23(10-8-22)15-4-2-14(19)3-5-15/h2-5,13H,6-12H2,1H3,(H,20,24). The van der Waals surface area contributed by atoms with E-state index in [1.54, 1.807) is 12.5 Å². The molecule has 0 unspecified atom stereocenters. The van der Waals surface area contributed by atoms with Gasteiger partial charge in [-0.2, -0.15) is 0 Å². The highest BCUT2D eigenvalue weighted by Crippen LogP contribution is 2.19. The van der Waals surface area contributed by atoms with Crippen molar-refractivity contribution in [2.75, 3.05) is 51.3 Å². The third kappa shape index (κ3) is 5.00. The smallest absolute Gasteiger partial charge is 0.270 e. The predicted molar refractivity (Wildman–Crippen MR) is 100 cm³/mol. The first-order valence-corrected chi connectivity index (χ1v) is 9.48. The molecular weight excluding hydrogens is 355 g/mol. The highest BCUT2D eigenvalue weighted by molar-refractivity contribution is 7.09. The van der Waals surface area contributed by atoms with Gasteiger partial charge in [-0.15, -0.1) is 11.3 Å². The molecule has 6 nitrogen and oxygen atoms in total. The number of carbonyl (C=O) groups excluding carboxylic acids is 1. The van der Waals surface area contributed by atoms with Crippen molar-refractivity contribution in [1.82, 2.24) is 15.2 Å². The summed E-state index contributed by atoms with van der Waals surface area (Å²) in [6.45, 7) is 5.31. The second kappa shape index (κ2) is 9.07. The van der Waals surface area contributed by atoms with Crippen LogP contribution in [0.4, 0.5) is 10.1 Å². The Balaban J connectivity index is 1.47. The Kier molecular flexibility index (Phi) is 6.54. The highest BCUT2D eigenvalue weighted by atomic mass is 32.1. The van der Waals surface area contributed by atoms with Crippen LogP contribution >= 0.6 is 11.3 Å². The number of thiazole rings is 1. The molecule has 1 N–H and O–H groups in total. The lowest BCUT2D eigenvalue weighted by atomic mass is 10.2. The van der Waals surface area contributed by atoms with E-state index in [0.29, 0.717) is 18.8 Å². The molecule has 1 aliphatic rings. The minimum atomic E-state index is -0.210. The number of hydrogen-bond acceptors (Lipinski definition) is 6. The van der Waals surface area contributed by atoms with E-state index in [0.717, 1.165) is 43.4 Å². The van der Waals surface area contributed by atoms with Gasteiger partial charge in [0.25, 0.3) is 5.91 Å². The fourth-order valence-corrected chi connectivity index (χ4v) is 3.67. The molecule has 0 saturated carbocycles. The zero-order valence-corrected chi connectivity index (χ0v) is 15.6. The first kappa shape index (κ1) is 18.8. The lowest BCUT2D eigenvalue weighted by molar-refractivity contribution is 0.0932. The Hall–Kier alpha value is -2.03. The summed E-state index contributed by atoms with van der Waals surface area (Å²) in [6.07, 6.45) is 0. The van der Waals surface area contributed by atoms with Crippen molar-refractivity contribution in [3.05, 3.63) is 46.2 Å². The van der Waals surface area contributed by atoms with Gasteiger partial charge < -0.3 is 15.0 Å². The van der Waals surface area contributed by atoms with Gasteiger partial charge in [0.1, 0.15) is 16.5 Å². The minimum Gasteiger partial charge on any atom is -0.383 e. The predicted octanol–water partition coefficient (Wildman–Crippen LogP) is 1.98. The average Bonchev–Trinajstić information content (AvgIpc) is 3.12. The number of anilines is 1. The number of ether oxygens (including phenoxy) is 1. The first-order valence-electron chi connectivity index (χ1n) is 8.60. The van der Waals surface area contributed by atoms with Crippen LogP contribution in [0.1, 0.15) is 15.5 Å². The number of methoxy groups -OCH3 is 1. The van der Waals surface area contributed by atoms with Crippen molar-refractivity contribution in [3.8, 4) is 0 Å². The Morgan fingerprint density at radius 3 is 2.69 bits per heavy atom. The van der Waals surface area contributed by atoms with E-state index in [-0.39, 0.29) is 11.7 Å². The van der Waals surface area contributed by atoms with Crippen molar-refractivity contribution in [3.63, 3.8) is 0 Å². The van der Waals surface area contributed by atoms with Crippen LogP contribution in [-0.2, 0) is 11.3 Å². The summed E-state index contributed by atoms with van der Waals surface area (Å²) in [5.41, 5.74) is 1.52. The molecule has 1 aromatic carbocycles. The van der Waals surface area contributed by atoms with Crippen molar-refractivity contribution in [1.29, 1.82) is 0 Å². The summed E-state index contributed by atoms with van der Waals surface area (Å²) in [6, 6.07) is 6.63. The molecule has 2 heterocycles. The Morgan fingerprint density at radius 2 is 2.00 bits per heavy atom. The Bertz CT molecular complexity index is 714. The van der Waals surface area contributed by atoms with Crippen LogP contribution in [0.15, 0.2) is 29.6 Å². The molecule has 1 amide bonds. The zero-order chi connectivity index (χ0) is 18.4. The largest absolute Gasteiger partial charge is 0.383 e. The van der Waals surface area contributed by atoms with Crippen molar-refractivity contribution < 1.29 is 13.9 Å². The quantitative estimate of drug-likeness (QED) is 0.747. The van der Waals surface area contributed by atoms with E-state index >= 15 is 0 Å². The van der Waals surface area contributed by atoms with Crippen LogP contribution in [0.3, 0.4) is 0 Å². The van der Waals surface area contributed by atoms with Crippen LogP contribution in [-0.4, -0.2) is 62.2 Å². The van der Waals surface area contributed by atoms with Crippen LogP contribution in [0.25, 0.3) is 0 Å². The molecule has 0 aliphatic carbocycles. The van der Waals surface area contributed by atoms with Crippen LogP contribution < -0.4 is 10.2 Å². The van der Waals surface area contributed by atoms with Gasteiger partial charge in [0, 0.05) is 50.9 Å². The molecule has 3 rings (SSSR count). The summed E-state index contributed by atoms with van der Waals surface area (Å²) in [4.78, 5) is 21.0. The van der Waals surface area contributed by atoms with E-state index in [1.165, 1.54) is 23.5 Å². The van der Waals surface area contributed by atoms with E-state index in [1.807, 2.05) is 12.1 Å². The molecule has 2 aromatic rings. The van der Waals surface area contributed by atoms with Gasteiger partial charge in [0.15, 0.2) is 0 Å². The number of rotatable bonds is 7. The number of nitrogens with one attached hydrogen (secondary N) is 1. The second-order valence-corrected chi connectivity index (χ2v) is 7.06. The summed E-state index contributed by atoms with van der Waals surface area (Å²) in [7, 11) is 1.60. The number of halogens is 1. The maximum Gasteiger partial charge on any atom is 0.270 e. The minimum absolute atomic E-state index is 0.161. The van der Waals surface area contributed by atoms with Gasteiger partial charge >= 0.3 is 0 Å². The third-order valence-corrected chi connectivity index (χ3v) is 5.13. The van der Waals surface area contributed by atoms with E-state index < -0.39 is 0 Å². The summed E-state index contributed by atoms with van der Waals surface area (Å²) in [5.74, 6) is -0.371. The monoisotopic (exact) mass is 378 g/mol. The Morgan fingerprint density at radius 1 is 1.27 bits per heavy atom. The van der Waals surface area contributed by atoms with E-state index in [2.05, 4.69) is 20.1 Å². The molecule has 8 heteroatoms. The third-order valence-electron chi connectivity index (χ3n) is 4.30. The molecular formula is C18H23FN4O2S. The number of carbonyl (C=O) groups is 1. The second-order valence-electron chi connectivity index (χ2n) is 6.11. The van der Waals surface area contributed by atoms with Gasteiger partial charge in [0.05, 0.1) is 13.2 Å². The summed E-state index contributed by atoms with van der Waals surface area (Å²) in [5, 5.41) is 5.52. The molecule has 26 heavy (non-hydrogen) atoms. The number of benzene rings is 1. The molecule has 1 fully saturated rings. The van der Waals surface area contributed by atoms with Crippen molar-refractivity contribution in [2.24, 2.45) is 0 Å². The average molecular weight is 378 g/mol. The molecule has 0 radical (unpaired) electrons. The first-order chi connectivity index (χ1) is 12.7. The van der Waals surface area contributed by atoms with Crippen molar-refractivity contribution in [2.45, 2.75) is 6.54 Å². The highest BCUT2D eigenvalue weighted by Gasteiger charge is 2.19. The van der Waals surface area contributed by atoms with Gasteiger partial charge in [-0.25, -0.2) is 9.37 Å². The normalized spacial score (nSPS) is 15.2. The van der Waals surface area contributed by atoms with Crippen LogP contribution in [0.2, 0.25) is 0 Å². The number of hydrogen-bond donors (Lipinski definition) is 1. The molecule has 140 valence electrons. The fourth-order valence-electron chi connectivity index (χ4n) is 2.85. The SMILES string of the molecule is COCCNC(=O)c1csc(CN2CCN(c3ccc(F)cc3)CC2)n1. The number of aromatic nitrogens is 1. The van der Waals surface area contributed by atoms with Gasteiger partial charge in [-0.05, 0) is 24.3 Å². The lowest BCUT2D eigenvalue weighted by Crippen LogP contribution is -2.45. The van der Waals surface area contributed by atoms with Crippen molar-refractivity contribution >= 4 is 22.9 Å². The summed E-state index contributed by atoms with van der Waals surface area (Å²) < 4.78 is 18.0. The molecule has 0 spiro atoms. The maximum atomic E-state index is 13.0. The topological polar surface area (TPSA) is 57.7 Å². The molecule has 0 atom stereocenters. The Labute approximate surface area is 156 Å². The molecule has 1 aromatic heterocycles. The number of amides is 1. The van der Waals surface area contributed by atoms with Gasteiger partial charge in [-0.1, -0.05) is 0 Å². The lowest BCUT2D eigenvalue weighted by Gasteiger charge is -2.35. The molecule has 0 bridgehead atoms. The van der Waals surface area contributed by atoms with E-state index in [4.69, 9.17) is 4.74 Å². The van der Waals surface area contributed by atoms with E-state index in [9.17, 15) is 9.18 Å². The summed E-state index contributed by atoms with van der Waals surface area (Å²) >= 11 is 1.51. The fraction of sp³-hybridized carbons (Fsp3) is 0.444. The van der Waals surface area contributed by atoms with Gasteiger partial charge in [0.2, 0.25) is 0 Å². The zero-order valence-electron chi connectivity index (χ0n) is 14.8. The van der Waals surface area contributed by atoms with Crippen LogP contribution in [0, 0.1) is 5.82 Å². The number of nitrogens with zero attached hydrogens (tertiary/aromatic N) is 3. The molecule has 1 aliphatic heterocycles.